The van der Waals surface area contributed by atoms with Gasteiger partial charge in [0, 0.05) is 27.4 Å². The Morgan fingerprint density at radius 2 is 1.70 bits per heavy atom. The molecule has 126 valence electrons. The van der Waals surface area contributed by atoms with Crippen LogP contribution in [0.3, 0.4) is 0 Å². The first-order valence-electron chi connectivity index (χ1n) is 6.68. The summed E-state index contributed by atoms with van der Waals surface area (Å²) in [5, 5.41) is 0. The maximum atomic E-state index is 11.3. The standard InChI is InChI=1S/C9H12BrNO2.C6H6BrNO2/c1-6(2)11-5-7(10)4-8(11)9(12)13-3;1-10-6(9)5-2-4(7)3-8-5/h4-6H,1-3H3;2-3,8H,1H3. The lowest BCUT2D eigenvalue weighted by atomic mass is 10.3. The van der Waals surface area contributed by atoms with Gasteiger partial charge < -0.3 is 19.0 Å². The molecule has 0 spiro atoms. The Bertz CT molecular complexity index is 677. The minimum atomic E-state index is -0.356. The molecule has 23 heavy (non-hydrogen) atoms. The van der Waals surface area contributed by atoms with E-state index in [4.69, 9.17) is 0 Å². The lowest BCUT2D eigenvalue weighted by Gasteiger charge is -2.10. The van der Waals surface area contributed by atoms with Crippen LogP contribution in [-0.4, -0.2) is 35.7 Å². The SMILES string of the molecule is COC(=O)c1cc(Br)c[nH]1.COC(=O)c1cc(Br)cn1C(C)C. The van der Waals surface area contributed by atoms with Gasteiger partial charge in [-0.1, -0.05) is 0 Å². The van der Waals surface area contributed by atoms with Crippen LogP contribution in [0.4, 0.5) is 0 Å². The van der Waals surface area contributed by atoms with Crippen molar-refractivity contribution < 1.29 is 19.1 Å². The minimum absolute atomic E-state index is 0.250. The van der Waals surface area contributed by atoms with Gasteiger partial charge in [0.15, 0.2) is 0 Å². The Hall–Kier alpha value is -1.54. The summed E-state index contributed by atoms with van der Waals surface area (Å²) in [6, 6.07) is 3.66. The molecule has 1 N–H and O–H groups in total. The van der Waals surface area contributed by atoms with Gasteiger partial charge in [0.2, 0.25) is 0 Å². The van der Waals surface area contributed by atoms with Gasteiger partial charge in [0.1, 0.15) is 11.4 Å². The van der Waals surface area contributed by atoms with Gasteiger partial charge in [-0.25, -0.2) is 9.59 Å². The highest BCUT2D eigenvalue weighted by molar-refractivity contribution is 9.10. The predicted molar refractivity (Wildman–Crippen MR) is 93.7 cm³/mol. The molecule has 0 aliphatic carbocycles. The number of carbonyl (C=O) groups is 2. The van der Waals surface area contributed by atoms with E-state index in [9.17, 15) is 9.59 Å². The lowest BCUT2D eigenvalue weighted by molar-refractivity contribution is 0.0581. The van der Waals surface area contributed by atoms with E-state index in [0.29, 0.717) is 11.4 Å². The zero-order valence-corrected chi connectivity index (χ0v) is 16.4. The van der Waals surface area contributed by atoms with Crippen molar-refractivity contribution in [3.05, 3.63) is 44.9 Å². The van der Waals surface area contributed by atoms with Gasteiger partial charge in [0.05, 0.1) is 14.2 Å². The van der Waals surface area contributed by atoms with E-state index < -0.39 is 0 Å². The zero-order chi connectivity index (χ0) is 17.6. The van der Waals surface area contributed by atoms with E-state index in [1.165, 1.54) is 14.2 Å². The Balaban J connectivity index is 0.000000238. The highest BCUT2D eigenvalue weighted by atomic mass is 79.9. The van der Waals surface area contributed by atoms with Crippen LogP contribution in [0.1, 0.15) is 40.9 Å². The topological polar surface area (TPSA) is 73.3 Å². The van der Waals surface area contributed by atoms with Crippen molar-refractivity contribution in [1.29, 1.82) is 0 Å². The molecule has 2 heterocycles. The highest BCUT2D eigenvalue weighted by Crippen LogP contribution is 2.19. The van der Waals surface area contributed by atoms with Crippen molar-refractivity contribution in [2.75, 3.05) is 14.2 Å². The summed E-state index contributed by atoms with van der Waals surface area (Å²) in [7, 11) is 2.73. The molecule has 2 rings (SSSR count). The van der Waals surface area contributed by atoms with Crippen molar-refractivity contribution in [1.82, 2.24) is 9.55 Å². The van der Waals surface area contributed by atoms with Crippen LogP contribution < -0.4 is 0 Å². The maximum Gasteiger partial charge on any atom is 0.354 e. The molecule has 0 unspecified atom stereocenters. The summed E-state index contributed by atoms with van der Waals surface area (Å²) >= 11 is 6.51. The minimum Gasteiger partial charge on any atom is -0.464 e. The quantitative estimate of drug-likeness (QED) is 0.713. The fourth-order valence-corrected chi connectivity index (χ4v) is 2.52. The second-order valence-corrected chi connectivity index (χ2v) is 6.59. The summed E-state index contributed by atoms with van der Waals surface area (Å²) in [5.74, 6) is -0.662. The first-order valence-corrected chi connectivity index (χ1v) is 8.26. The van der Waals surface area contributed by atoms with Gasteiger partial charge in [-0.05, 0) is 57.8 Å². The maximum absolute atomic E-state index is 11.3. The average molecular weight is 450 g/mol. The molecule has 0 radical (unpaired) electrons. The van der Waals surface area contributed by atoms with Crippen molar-refractivity contribution in [2.24, 2.45) is 0 Å². The lowest BCUT2D eigenvalue weighted by Crippen LogP contribution is -2.11. The molecule has 0 aliphatic rings. The Morgan fingerprint density at radius 1 is 1.09 bits per heavy atom. The number of aromatic amines is 1. The summed E-state index contributed by atoms with van der Waals surface area (Å²) in [6.07, 6.45) is 3.54. The molecule has 0 amide bonds. The summed E-state index contributed by atoms with van der Waals surface area (Å²) in [6.45, 7) is 4.03. The van der Waals surface area contributed by atoms with Gasteiger partial charge in [-0.2, -0.15) is 0 Å². The number of nitrogens with one attached hydrogen (secondary N) is 1. The van der Waals surface area contributed by atoms with Gasteiger partial charge in [-0.3, -0.25) is 0 Å². The number of carbonyl (C=O) groups excluding carboxylic acids is 2. The highest BCUT2D eigenvalue weighted by Gasteiger charge is 2.14. The zero-order valence-electron chi connectivity index (χ0n) is 13.2. The molecule has 0 aliphatic heterocycles. The van der Waals surface area contributed by atoms with Gasteiger partial charge in [0.25, 0.3) is 0 Å². The van der Waals surface area contributed by atoms with Crippen molar-refractivity contribution in [3.63, 3.8) is 0 Å². The molecule has 0 fully saturated rings. The fraction of sp³-hybridized carbons (Fsp3) is 0.333. The van der Waals surface area contributed by atoms with Crippen molar-refractivity contribution in [3.8, 4) is 0 Å². The van der Waals surface area contributed by atoms with Crippen LogP contribution >= 0.6 is 31.9 Å². The van der Waals surface area contributed by atoms with E-state index in [2.05, 4.69) is 46.3 Å². The number of nitrogens with zero attached hydrogens (tertiary/aromatic N) is 1. The van der Waals surface area contributed by atoms with Crippen LogP contribution in [0.5, 0.6) is 0 Å². The number of hydrogen-bond donors (Lipinski definition) is 1. The number of methoxy groups -OCH3 is 2. The fourth-order valence-electron chi connectivity index (χ4n) is 1.74. The number of hydrogen-bond acceptors (Lipinski definition) is 4. The molecule has 0 bridgehead atoms. The van der Waals surface area contributed by atoms with Gasteiger partial charge in [-0.15, -0.1) is 0 Å². The average Bonchev–Trinajstić information content (AvgIpc) is 3.12. The largest absolute Gasteiger partial charge is 0.464 e. The van der Waals surface area contributed by atoms with Crippen LogP contribution in [0.2, 0.25) is 0 Å². The van der Waals surface area contributed by atoms with Crippen LogP contribution in [0.15, 0.2) is 33.5 Å². The van der Waals surface area contributed by atoms with Crippen molar-refractivity contribution >= 4 is 43.8 Å². The summed E-state index contributed by atoms with van der Waals surface area (Å²) in [5.41, 5.74) is 1.03. The Kier molecular flexibility index (Phi) is 7.57. The predicted octanol–water partition coefficient (Wildman–Crippen LogP) is 4.18. The van der Waals surface area contributed by atoms with E-state index in [0.717, 1.165) is 8.95 Å². The molecular formula is C15H18Br2N2O4. The number of aromatic nitrogens is 2. The number of H-pyrrole nitrogens is 1. The molecule has 8 heteroatoms. The van der Waals surface area contributed by atoms with Crippen LogP contribution in [0.25, 0.3) is 0 Å². The molecule has 0 aromatic carbocycles. The smallest absolute Gasteiger partial charge is 0.354 e. The molecule has 0 saturated heterocycles. The Labute approximate surface area is 151 Å². The number of rotatable bonds is 3. The molecule has 0 atom stereocenters. The number of esters is 2. The third-order valence-corrected chi connectivity index (χ3v) is 3.71. The van der Waals surface area contributed by atoms with Crippen LogP contribution in [0, 0.1) is 0 Å². The van der Waals surface area contributed by atoms with Gasteiger partial charge >= 0.3 is 11.9 Å². The molecule has 2 aromatic heterocycles. The number of halogens is 2. The third kappa shape index (κ3) is 5.54. The first kappa shape index (κ1) is 19.5. The van der Waals surface area contributed by atoms with E-state index in [1.54, 1.807) is 18.3 Å². The van der Waals surface area contributed by atoms with E-state index in [1.807, 2.05) is 24.6 Å². The summed E-state index contributed by atoms with van der Waals surface area (Å²) in [4.78, 5) is 24.8. The first-order chi connectivity index (χ1) is 10.8. The second kappa shape index (κ2) is 8.93. The second-order valence-electron chi connectivity index (χ2n) is 4.76. The van der Waals surface area contributed by atoms with Crippen molar-refractivity contribution in [2.45, 2.75) is 19.9 Å². The third-order valence-electron chi connectivity index (χ3n) is 2.82. The monoisotopic (exact) mass is 448 g/mol. The molecular weight excluding hydrogens is 432 g/mol. The normalized spacial score (nSPS) is 10.0. The molecule has 2 aromatic rings. The summed E-state index contributed by atoms with van der Waals surface area (Å²) < 4.78 is 12.7. The number of ether oxygens (including phenoxy) is 2. The van der Waals surface area contributed by atoms with E-state index in [-0.39, 0.29) is 18.0 Å². The van der Waals surface area contributed by atoms with E-state index >= 15 is 0 Å². The molecule has 6 nitrogen and oxygen atoms in total. The molecule has 0 saturated carbocycles. The van der Waals surface area contributed by atoms with Crippen LogP contribution in [-0.2, 0) is 9.47 Å². The Morgan fingerprint density at radius 3 is 2.13 bits per heavy atom.